The van der Waals surface area contributed by atoms with Crippen molar-refractivity contribution in [2.75, 3.05) is 6.61 Å². The fourth-order valence-corrected chi connectivity index (χ4v) is 1.85. The first-order valence-electron chi connectivity index (χ1n) is 5.09. The van der Waals surface area contributed by atoms with Crippen LogP contribution in [0.4, 0.5) is 0 Å². The van der Waals surface area contributed by atoms with Crippen molar-refractivity contribution in [3.05, 3.63) is 36.0 Å². The van der Waals surface area contributed by atoms with Crippen LogP contribution >= 0.6 is 0 Å². The molecule has 2 N–H and O–H groups in total. The second-order valence-corrected chi connectivity index (χ2v) is 3.98. The topological polar surface area (TPSA) is 40.2 Å². The van der Waals surface area contributed by atoms with E-state index in [0.717, 1.165) is 0 Å². The van der Waals surface area contributed by atoms with Gasteiger partial charge < -0.3 is 9.40 Å². The average Bonchev–Trinajstić information content (AvgIpc) is 2.60. The number of aromatic nitrogens is 1. The lowest BCUT2D eigenvalue weighted by Crippen LogP contribution is -2.08. The summed E-state index contributed by atoms with van der Waals surface area (Å²) >= 11 is 0. The predicted octanol–water partition coefficient (Wildman–Crippen LogP) is 2.17. The van der Waals surface area contributed by atoms with Gasteiger partial charge in [0, 0.05) is 24.7 Å². The van der Waals surface area contributed by atoms with Crippen LogP contribution in [0.5, 0.6) is 0 Å². The molecule has 1 aromatic heterocycles. The summed E-state index contributed by atoms with van der Waals surface area (Å²) in [6.45, 7) is 2.66. The van der Waals surface area contributed by atoms with Gasteiger partial charge in [-0.15, -0.1) is 0 Å². The molecule has 0 spiro atoms. The highest BCUT2D eigenvalue weighted by molar-refractivity contribution is 5.80. The van der Waals surface area contributed by atoms with Crippen LogP contribution in [0, 0.1) is 0 Å². The third-order valence-electron chi connectivity index (χ3n) is 2.82. The number of nitrogens with zero attached hydrogens (tertiary/aromatic N) is 1. The molecule has 1 unspecified atom stereocenters. The standard InChI is InChI=1S/C12H16N2O/c1-9(8-15-13)10-3-4-12-11(7-10)5-6-14(12)2/h3-7,9H,8,13H2,1-2H3. The maximum Gasteiger partial charge on any atom is 0.0745 e. The summed E-state index contributed by atoms with van der Waals surface area (Å²) in [7, 11) is 2.05. The lowest BCUT2D eigenvalue weighted by molar-refractivity contribution is 0.126. The van der Waals surface area contributed by atoms with E-state index >= 15 is 0 Å². The number of hydrogen-bond donors (Lipinski definition) is 1. The molecule has 3 nitrogen and oxygen atoms in total. The molecule has 1 atom stereocenters. The highest BCUT2D eigenvalue weighted by Gasteiger charge is 2.06. The maximum absolute atomic E-state index is 5.08. The molecule has 0 aliphatic heterocycles. The van der Waals surface area contributed by atoms with E-state index in [9.17, 15) is 0 Å². The molecule has 3 heteroatoms. The average molecular weight is 204 g/mol. The van der Waals surface area contributed by atoms with E-state index in [1.165, 1.54) is 16.5 Å². The minimum atomic E-state index is 0.333. The summed E-state index contributed by atoms with van der Waals surface area (Å²) in [6.07, 6.45) is 2.07. The molecule has 15 heavy (non-hydrogen) atoms. The van der Waals surface area contributed by atoms with Gasteiger partial charge in [0.2, 0.25) is 0 Å². The van der Waals surface area contributed by atoms with Crippen LogP contribution in [-0.4, -0.2) is 11.2 Å². The highest BCUT2D eigenvalue weighted by Crippen LogP contribution is 2.22. The molecule has 0 amide bonds. The Balaban J connectivity index is 2.38. The largest absolute Gasteiger partial charge is 0.351 e. The zero-order valence-electron chi connectivity index (χ0n) is 9.10. The first kappa shape index (κ1) is 10.2. The number of hydrogen-bond acceptors (Lipinski definition) is 2. The summed E-state index contributed by atoms with van der Waals surface area (Å²) in [5.41, 5.74) is 2.51. The summed E-state index contributed by atoms with van der Waals surface area (Å²) in [5.74, 6) is 5.41. The van der Waals surface area contributed by atoms with Crippen LogP contribution < -0.4 is 5.90 Å². The first-order chi connectivity index (χ1) is 7.22. The molecule has 2 rings (SSSR count). The van der Waals surface area contributed by atoms with Crippen LogP contribution in [-0.2, 0) is 11.9 Å². The van der Waals surface area contributed by atoms with E-state index < -0.39 is 0 Å². The van der Waals surface area contributed by atoms with Gasteiger partial charge in [-0.25, -0.2) is 5.90 Å². The fourth-order valence-electron chi connectivity index (χ4n) is 1.85. The second-order valence-electron chi connectivity index (χ2n) is 3.98. The maximum atomic E-state index is 5.08. The monoisotopic (exact) mass is 204 g/mol. The Kier molecular flexibility index (Phi) is 2.75. The summed E-state index contributed by atoms with van der Waals surface area (Å²) < 4.78 is 2.11. The molecule has 1 aromatic carbocycles. The van der Waals surface area contributed by atoms with Gasteiger partial charge >= 0.3 is 0 Å². The Bertz CT molecular complexity index is 462. The molecule has 80 valence electrons. The zero-order valence-corrected chi connectivity index (χ0v) is 9.10. The van der Waals surface area contributed by atoms with Crippen molar-refractivity contribution in [2.24, 2.45) is 12.9 Å². The Morgan fingerprint density at radius 2 is 2.20 bits per heavy atom. The Morgan fingerprint density at radius 3 is 2.93 bits per heavy atom. The van der Waals surface area contributed by atoms with E-state index in [1.54, 1.807) is 0 Å². The second kappa shape index (κ2) is 4.04. The van der Waals surface area contributed by atoms with Crippen molar-refractivity contribution >= 4 is 10.9 Å². The molecule has 0 aliphatic rings. The van der Waals surface area contributed by atoms with Crippen molar-refractivity contribution in [3.8, 4) is 0 Å². The van der Waals surface area contributed by atoms with Crippen LogP contribution in [0.1, 0.15) is 18.4 Å². The molecule has 1 heterocycles. The van der Waals surface area contributed by atoms with Gasteiger partial charge in [-0.05, 0) is 29.1 Å². The van der Waals surface area contributed by atoms with E-state index in [2.05, 4.69) is 53.8 Å². The Morgan fingerprint density at radius 1 is 1.40 bits per heavy atom. The number of fused-ring (bicyclic) bond motifs is 1. The fraction of sp³-hybridized carbons (Fsp3) is 0.333. The van der Waals surface area contributed by atoms with E-state index in [4.69, 9.17) is 5.90 Å². The van der Waals surface area contributed by atoms with E-state index in [1.807, 2.05) is 0 Å². The molecule has 0 saturated heterocycles. The van der Waals surface area contributed by atoms with Gasteiger partial charge in [-0.2, -0.15) is 0 Å². The van der Waals surface area contributed by atoms with Crippen molar-refractivity contribution in [1.29, 1.82) is 0 Å². The minimum absolute atomic E-state index is 0.333. The van der Waals surface area contributed by atoms with Gasteiger partial charge in [-0.3, -0.25) is 0 Å². The van der Waals surface area contributed by atoms with Crippen LogP contribution in [0.25, 0.3) is 10.9 Å². The normalized spacial score (nSPS) is 13.3. The quantitative estimate of drug-likeness (QED) is 0.778. The van der Waals surface area contributed by atoms with Gasteiger partial charge in [0.1, 0.15) is 0 Å². The molecular weight excluding hydrogens is 188 g/mol. The van der Waals surface area contributed by atoms with Gasteiger partial charge in [0.05, 0.1) is 6.61 Å². The van der Waals surface area contributed by atoms with Crippen LogP contribution in [0.15, 0.2) is 30.5 Å². The van der Waals surface area contributed by atoms with Gasteiger partial charge in [0.15, 0.2) is 0 Å². The lowest BCUT2D eigenvalue weighted by atomic mass is 10.0. The molecular formula is C12H16N2O. The molecule has 0 aliphatic carbocycles. The van der Waals surface area contributed by atoms with Crippen molar-refractivity contribution in [2.45, 2.75) is 12.8 Å². The SMILES string of the molecule is CC(CON)c1ccc2c(ccn2C)c1. The number of benzene rings is 1. The minimum Gasteiger partial charge on any atom is -0.351 e. The van der Waals surface area contributed by atoms with Crippen molar-refractivity contribution in [1.82, 2.24) is 4.57 Å². The smallest absolute Gasteiger partial charge is 0.0745 e. The number of rotatable bonds is 3. The van der Waals surface area contributed by atoms with Gasteiger partial charge in [0.25, 0.3) is 0 Å². The first-order valence-corrected chi connectivity index (χ1v) is 5.09. The van der Waals surface area contributed by atoms with E-state index in [-0.39, 0.29) is 0 Å². The molecule has 2 aromatic rings. The highest BCUT2D eigenvalue weighted by atomic mass is 16.6. The zero-order chi connectivity index (χ0) is 10.8. The van der Waals surface area contributed by atoms with E-state index in [0.29, 0.717) is 12.5 Å². The summed E-state index contributed by atoms with van der Waals surface area (Å²) in [4.78, 5) is 4.67. The molecule has 0 fully saturated rings. The van der Waals surface area contributed by atoms with Gasteiger partial charge in [-0.1, -0.05) is 13.0 Å². The van der Waals surface area contributed by atoms with Crippen molar-refractivity contribution < 1.29 is 4.84 Å². The summed E-state index contributed by atoms with van der Waals surface area (Å²) in [5, 5.41) is 1.26. The predicted molar refractivity (Wildman–Crippen MR) is 61.5 cm³/mol. The molecule has 0 saturated carbocycles. The third-order valence-corrected chi connectivity index (χ3v) is 2.82. The molecule has 0 radical (unpaired) electrons. The molecule has 0 bridgehead atoms. The summed E-state index contributed by atoms with van der Waals surface area (Å²) in [6, 6.07) is 8.58. The number of nitrogens with two attached hydrogens (primary N) is 1. The van der Waals surface area contributed by atoms with Crippen LogP contribution in [0.3, 0.4) is 0 Å². The van der Waals surface area contributed by atoms with Crippen molar-refractivity contribution in [3.63, 3.8) is 0 Å². The Labute approximate surface area is 89.4 Å². The third kappa shape index (κ3) is 1.89. The van der Waals surface area contributed by atoms with Crippen LogP contribution in [0.2, 0.25) is 0 Å². The Hall–Kier alpha value is -1.32. The number of aryl methyl sites for hydroxylation is 1. The lowest BCUT2D eigenvalue weighted by Gasteiger charge is -2.10.